The molecular weight excluding hydrogens is 471 g/mol. The Balaban J connectivity index is 0.000000384. The molecule has 2 heterocycles. The fourth-order valence-electron chi connectivity index (χ4n) is 3.98. The first kappa shape index (κ1) is 25.4. The van der Waals surface area contributed by atoms with Gasteiger partial charge in [-0.3, -0.25) is 0 Å². The molecule has 0 amide bonds. The molecule has 0 bridgehead atoms. The molecule has 0 saturated carbocycles. The molecule has 188 valence electrons. The van der Waals surface area contributed by atoms with Crippen molar-refractivity contribution in [1.82, 2.24) is 15.3 Å². The number of aromatic amines is 1. The van der Waals surface area contributed by atoms with Crippen molar-refractivity contribution in [3.63, 3.8) is 0 Å². The average molecular weight is 498 g/mol. The van der Waals surface area contributed by atoms with Gasteiger partial charge in [0.1, 0.15) is 5.82 Å². The van der Waals surface area contributed by atoms with Crippen LogP contribution in [0.3, 0.4) is 0 Å². The fourth-order valence-corrected chi connectivity index (χ4v) is 3.98. The van der Waals surface area contributed by atoms with Crippen LogP contribution in [0.2, 0.25) is 0 Å². The van der Waals surface area contributed by atoms with Crippen LogP contribution in [0.4, 0.5) is 13.2 Å². The summed E-state index contributed by atoms with van der Waals surface area (Å²) < 4.78 is 37.4. The number of carboxylic acids is 1. The molecule has 36 heavy (non-hydrogen) atoms. The molecule has 1 aliphatic rings. The first-order chi connectivity index (χ1) is 17.3. The normalized spacial score (nSPS) is 15.5. The summed E-state index contributed by atoms with van der Waals surface area (Å²) in [5, 5.41) is 10.7. The van der Waals surface area contributed by atoms with Crippen molar-refractivity contribution in [3.8, 4) is 22.5 Å². The molecule has 1 aliphatic heterocycles. The van der Waals surface area contributed by atoms with E-state index in [0.29, 0.717) is 6.10 Å². The highest BCUT2D eigenvalue weighted by Crippen LogP contribution is 2.27. The van der Waals surface area contributed by atoms with Gasteiger partial charge < -0.3 is 20.1 Å². The largest absolute Gasteiger partial charge is 0.490 e. The third-order valence-electron chi connectivity index (χ3n) is 5.75. The van der Waals surface area contributed by atoms with Gasteiger partial charge in [0.05, 0.1) is 17.1 Å². The maximum atomic E-state index is 10.6. The second kappa shape index (κ2) is 11.4. The Bertz CT molecular complexity index is 1280. The van der Waals surface area contributed by atoms with Gasteiger partial charge in [-0.25, -0.2) is 9.78 Å². The van der Waals surface area contributed by atoms with E-state index < -0.39 is 12.1 Å². The zero-order valence-electron chi connectivity index (χ0n) is 19.4. The quantitative estimate of drug-likeness (QED) is 0.314. The lowest BCUT2D eigenvalue weighted by Gasteiger charge is -2.11. The summed E-state index contributed by atoms with van der Waals surface area (Å²) in [6.45, 7) is 2.69. The van der Waals surface area contributed by atoms with Gasteiger partial charge in [-0.1, -0.05) is 48.5 Å². The molecule has 3 aromatic carbocycles. The van der Waals surface area contributed by atoms with Crippen LogP contribution in [0.5, 0.6) is 0 Å². The van der Waals surface area contributed by atoms with Crippen LogP contribution in [0.1, 0.15) is 18.4 Å². The van der Waals surface area contributed by atoms with Crippen molar-refractivity contribution in [2.75, 3.05) is 13.2 Å². The minimum atomic E-state index is -5.08. The SMILES string of the molecule is O=C(O)C(F)(F)F.c1cc(CNCC2CCCO2)cc(-c2cccc(-c3nc4ccccc4[nH]3)c2)c1. The zero-order valence-corrected chi connectivity index (χ0v) is 19.4. The number of carboxylic acid groups (broad SMARTS) is 1. The first-order valence-corrected chi connectivity index (χ1v) is 11.6. The van der Waals surface area contributed by atoms with Gasteiger partial charge in [-0.2, -0.15) is 13.2 Å². The van der Waals surface area contributed by atoms with Crippen molar-refractivity contribution in [1.29, 1.82) is 0 Å². The van der Waals surface area contributed by atoms with E-state index in [9.17, 15) is 13.2 Å². The predicted molar refractivity (Wildman–Crippen MR) is 131 cm³/mol. The number of H-pyrrole nitrogens is 1. The molecule has 1 saturated heterocycles. The number of rotatable bonds is 6. The number of aliphatic carboxylic acids is 1. The molecule has 3 N–H and O–H groups in total. The number of hydrogen-bond donors (Lipinski definition) is 3. The highest BCUT2D eigenvalue weighted by atomic mass is 19.4. The summed E-state index contributed by atoms with van der Waals surface area (Å²) in [7, 11) is 0. The van der Waals surface area contributed by atoms with Crippen LogP contribution in [-0.2, 0) is 16.1 Å². The Morgan fingerprint density at radius 3 is 2.42 bits per heavy atom. The van der Waals surface area contributed by atoms with E-state index in [2.05, 4.69) is 64.9 Å². The van der Waals surface area contributed by atoms with Crippen molar-refractivity contribution in [2.45, 2.75) is 31.7 Å². The van der Waals surface area contributed by atoms with Crippen LogP contribution in [0.15, 0.2) is 72.8 Å². The fraction of sp³-hybridized carbons (Fsp3) is 0.259. The molecule has 4 aromatic rings. The number of para-hydroxylation sites is 2. The third kappa shape index (κ3) is 6.71. The number of aromatic nitrogens is 2. The van der Waals surface area contributed by atoms with E-state index in [4.69, 9.17) is 19.6 Å². The van der Waals surface area contributed by atoms with Gasteiger partial charge in [0.2, 0.25) is 0 Å². The van der Waals surface area contributed by atoms with E-state index >= 15 is 0 Å². The van der Waals surface area contributed by atoms with Gasteiger partial charge in [-0.05, 0) is 53.8 Å². The lowest BCUT2D eigenvalue weighted by atomic mass is 10.0. The Morgan fingerprint density at radius 2 is 1.72 bits per heavy atom. The number of nitrogens with one attached hydrogen (secondary N) is 2. The maximum Gasteiger partial charge on any atom is 0.490 e. The first-order valence-electron chi connectivity index (χ1n) is 11.6. The van der Waals surface area contributed by atoms with E-state index in [1.165, 1.54) is 29.5 Å². The number of ether oxygens (including phenoxy) is 1. The van der Waals surface area contributed by atoms with Crippen LogP contribution >= 0.6 is 0 Å². The van der Waals surface area contributed by atoms with Gasteiger partial charge in [0, 0.05) is 25.3 Å². The summed E-state index contributed by atoms with van der Waals surface area (Å²) in [4.78, 5) is 17.1. The Labute approximate surface area is 206 Å². The lowest BCUT2D eigenvalue weighted by Crippen LogP contribution is -2.25. The van der Waals surface area contributed by atoms with Gasteiger partial charge in [0.25, 0.3) is 0 Å². The van der Waals surface area contributed by atoms with Crippen LogP contribution in [-0.4, -0.2) is 46.5 Å². The number of benzene rings is 3. The molecular formula is C27H26F3N3O3. The molecule has 1 unspecified atom stereocenters. The Kier molecular flexibility index (Phi) is 8.02. The maximum absolute atomic E-state index is 10.6. The summed E-state index contributed by atoms with van der Waals surface area (Å²) in [6.07, 6.45) is -2.36. The average Bonchev–Trinajstić information content (AvgIpc) is 3.54. The van der Waals surface area contributed by atoms with Crippen LogP contribution in [0.25, 0.3) is 33.5 Å². The van der Waals surface area contributed by atoms with E-state index in [-0.39, 0.29) is 0 Å². The van der Waals surface area contributed by atoms with Crippen molar-refractivity contribution < 1.29 is 27.8 Å². The molecule has 0 aliphatic carbocycles. The smallest absolute Gasteiger partial charge is 0.475 e. The van der Waals surface area contributed by atoms with Crippen molar-refractivity contribution in [3.05, 3.63) is 78.4 Å². The summed E-state index contributed by atoms with van der Waals surface area (Å²) >= 11 is 0. The van der Waals surface area contributed by atoms with E-state index in [0.717, 1.165) is 42.1 Å². The monoisotopic (exact) mass is 497 g/mol. The lowest BCUT2D eigenvalue weighted by molar-refractivity contribution is -0.192. The number of fused-ring (bicyclic) bond motifs is 1. The van der Waals surface area contributed by atoms with Crippen LogP contribution in [0, 0.1) is 0 Å². The molecule has 0 radical (unpaired) electrons. The van der Waals surface area contributed by atoms with Gasteiger partial charge in [0.15, 0.2) is 0 Å². The van der Waals surface area contributed by atoms with Crippen LogP contribution < -0.4 is 5.32 Å². The topological polar surface area (TPSA) is 87.2 Å². The van der Waals surface area contributed by atoms with Crippen molar-refractivity contribution >= 4 is 17.0 Å². The van der Waals surface area contributed by atoms with Gasteiger partial charge in [-0.15, -0.1) is 0 Å². The predicted octanol–water partition coefficient (Wildman–Crippen LogP) is 5.80. The van der Waals surface area contributed by atoms with Crippen molar-refractivity contribution in [2.24, 2.45) is 0 Å². The standard InChI is InChI=1S/C25H25N3O.C2HF3O2/c1-2-12-24-23(11-1)27-25(28-24)21-9-4-8-20(15-21)19-7-3-6-18(14-19)16-26-17-22-10-5-13-29-22;3-2(4,5)1(6)7/h1-4,6-9,11-12,14-15,22,26H,5,10,13,16-17H2,(H,27,28);(H,6,7). The second-order valence-electron chi connectivity index (χ2n) is 8.45. The summed E-state index contributed by atoms with van der Waals surface area (Å²) in [5.41, 5.74) is 6.86. The van der Waals surface area contributed by atoms with E-state index in [1.807, 2.05) is 18.2 Å². The molecule has 6 nitrogen and oxygen atoms in total. The third-order valence-corrected chi connectivity index (χ3v) is 5.75. The minimum absolute atomic E-state index is 0.374. The number of carbonyl (C=O) groups is 1. The number of imidazole rings is 1. The molecule has 1 aromatic heterocycles. The summed E-state index contributed by atoms with van der Waals surface area (Å²) in [6, 6.07) is 25.4. The molecule has 1 atom stereocenters. The molecule has 1 fully saturated rings. The van der Waals surface area contributed by atoms with Gasteiger partial charge >= 0.3 is 12.1 Å². The summed E-state index contributed by atoms with van der Waals surface area (Å²) in [5.74, 6) is -1.85. The van der Waals surface area contributed by atoms with E-state index in [1.54, 1.807) is 0 Å². The number of nitrogens with zero attached hydrogens (tertiary/aromatic N) is 1. The Morgan fingerprint density at radius 1 is 1.03 bits per heavy atom. The Hall–Kier alpha value is -3.69. The minimum Gasteiger partial charge on any atom is -0.475 e. The second-order valence-corrected chi connectivity index (χ2v) is 8.45. The molecule has 5 rings (SSSR count). The number of hydrogen-bond acceptors (Lipinski definition) is 4. The highest BCUT2D eigenvalue weighted by Gasteiger charge is 2.38. The number of halogens is 3. The zero-order chi connectivity index (χ0) is 25.5. The molecule has 9 heteroatoms. The number of alkyl halides is 3. The molecule has 0 spiro atoms. The highest BCUT2D eigenvalue weighted by molar-refractivity contribution is 5.80.